The van der Waals surface area contributed by atoms with Crippen LogP contribution in [-0.2, 0) is 6.18 Å². The first-order chi connectivity index (χ1) is 7.48. The molecule has 0 bridgehead atoms. The van der Waals surface area contributed by atoms with Crippen LogP contribution in [0.25, 0.3) is 11.3 Å². The zero-order valence-electron chi connectivity index (χ0n) is 8.05. The molecule has 6 heteroatoms. The molecule has 0 aliphatic rings. The lowest BCUT2D eigenvalue weighted by atomic mass is 10.1. The summed E-state index contributed by atoms with van der Waals surface area (Å²) < 4.78 is 36.9. The number of alkyl halides is 3. The highest BCUT2D eigenvalue weighted by Crippen LogP contribution is 2.31. The summed E-state index contributed by atoms with van der Waals surface area (Å²) in [7, 11) is 0. The van der Waals surface area contributed by atoms with Gasteiger partial charge in [-0.15, -0.1) is 0 Å². The van der Waals surface area contributed by atoms with Crippen LogP contribution in [0.3, 0.4) is 0 Å². The summed E-state index contributed by atoms with van der Waals surface area (Å²) in [5.74, 6) is 0. The van der Waals surface area contributed by atoms with E-state index in [9.17, 15) is 13.2 Å². The molecule has 16 heavy (non-hydrogen) atoms. The van der Waals surface area contributed by atoms with Crippen LogP contribution in [0.4, 0.5) is 18.9 Å². The van der Waals surface area contributed by atoms with Gasteiger partial charge in [0.15, 0.2) is 0 Å². The molecular formula is C10H8F3N3. The summed E-state index contributed by atoms with van der Waals surface area (Å²) in [5.41, 5.74) is 5.81. The Hall–Kier alpha value is -1.98. The predicted octanol–water partition coefficient (Wildman–Crippen LogP) is 2.68. The SMILES string of the molecule is Nc1ccccc1-c1cc(C(F)(F)F)[nH]n1. The number of aromatic nitrogens is 2. The largest absolute Gasteiger partial charge is 0.432 e. The predicted molar refractivity (Wildman–Crippen MR) is 53.4 cm³/mol. The lowest BCUT2D eigenvalue weighted by Gasteiger charge is -2.01. The molecule has 1 heterocycles. The molecule has 0 saturated heterocycles. The van der Waals surface area contributed by atoms with Gasteiger partial charge in [0.2, 0.25) is 0 Å². The molecule has 1 aromatic heterocycles. The Kier molecular flexibility index (Phi) is 2.34. The Morgan fingerprint density at radius 3 is 2.44 bits per heavy atom. The molecule has 0 fully saturated rings. The van der Waals surface area contributed by atoms with E-state index in [1.807, 2.05) is 5.10 Å². The number of nitrogen functional groups attached to an aromatic ring is 1. The second-order valence-electron chi connectivity index (χ2n) is 3.25. The van der Waals surface area contributed by atoms with E-state index in [1.54, 1.807) is 24.3 Å². The molecule has 3 N–H and O–H groups in total. The number of nitrogens with zero attached hydrogens (tertiary/aromatic N) is 1. The fourth-order valence-electron chi connectivity index (χ4n) is 1.34. The summed E-state index contributed by atoms with van der Waals surface area (Å²) in [4.78, 5) is 0. The van der Waals surface area contributed by atoms with Gasteiger partial charge in [-0.1, -0.05) is 18.2 Å². The average molecular weight is 227 g/mol. The second-order valence-corrected chi connectivity index (χ2v) is 3.25. The topological polar surface area (TPSA) is 54.7 Å². The number of rotatable bonds is 1. The van der Waals surface area contributed by atoms with Crippen LogP contribution in [0.15, 0.2) is 30.3 Å². The van der Waals surface area contributed by atoms with E-state index >= 15 is 0 Å². The lowest BCUT2D eigenvalue weighted by Crippen LogP contribution is -2.04. The van der Waals surface area contributed by atoms with Crippen molar-refractivity contribution in [3.63, 3.8) is 0 Å². The molecule has 1 aromatic carbocycles. The van der Waals surface area contributed by atoms with Crippen molar-refractivity contribution in [3.05, 3.63) is 36.0 Å². The van der Waals surface area contributed by atoms with Crippen LogP contribution >= 0.6 is 0 Å². The minimum absolute atomic E-state index is 0.186. The van der Waals surface area contributed by atoms with E-state index in [1.165, 1.54) is 0 Å². The maximum Gasteiger partial charge on any atom is 0.432 e. The van der Waals surface area contributed by atoms with E-state index in [4.69, 9.17) is 5.73 Å². The minimum Gasteiger partial charge on any atom is -0.398 e. The molecule has 3 nitrogen and oxygen atoms in total. The van der Waals surface area contributed by atoms with Gasteiger partial charge in [0.05, 0.1) is 5.69 Å². The molecule has 0 atom stereocenters. The molecule has 0 amide bonds. The van der Waals surface area contributed by atoms with E-state index in [-0.39, 0.29) is 5.69 Å². The number of nitrogens with one attached hydrogen (secondary N) is 1. The third kappa shape index (κ3) is 1.86. The van der Waals surface area contributed by atoms with Crippen LogP contribution in [0, 0.1) is 0 Å². The molecule has 84 valence electrons. The number of aromatic amines is 1. The minimum atomic E-state index is -4.42. The maximum absolute atomic E-state index is 12.3. The zero-order valence-corrected chi connectivity index (χ0v) is 8.05. The maximum atomic E-state index is 12.3. The highest BCUT2D eigenvalue weighted by Gasteiger charge is 2.33. The number of nitrogens with two attached hydrogens (primary N) is 1. The molecule has 0 aliphatic heterocycles. The van der Waals surface area contributed by atoms with Gasteiger partial charge in [0.1, 0.15) is 5.69 Å². The van der Waals surface area contributed by atoms with E-state index in [0.29, 0.717) is 11.3 Å². The van der Waals surface area contributed by atoms with Crippen LogP contribution < -0.4 is 5.73 Å². The first kappa shape index (κ1) is 10.5. The van der Waals surface area contributed by atoms with Crippen molar-refractivity contribution in [2.24, 2.45) is 0 Å². The van der Waals surface area contributed by atoms with Crippen molar-refractivity contribution < 1.29 is 13.2 Å². The first-order valence-electron chi connectivity index (χ1n) is 4.46. The van der Waals surface area contributed by atoms with Gasteiger partial charge in [-0.25, -0.2) is 0 Å². The molecule has 2 aromatic rings. The van der Waals surface area contributed by atoms with E-state index < -0.39 is 11.9 Å². The highest BCUT2D eigenvalue weighted by atomic mass is 19.4. The quantitative estimate of drug-likeness (QED) is 0.736. The fourth-order valence-corrected chi connectivity index (χ4v) is 1.34. The standard InChI is InChI=1S/C10H8F3N3/c11-10(12,13)9-5-8(15-16-9)6-3-1-2-4-7(6)14/h1-5H,14H2,(H,15,16). The number of halogens is 3. The Bertz CT molecular complexity index is 502. The number of benzene rings is 1. The molecule has 0 radical (unpaired) electrons. The van der Waals surface area contributed by atoms with E-state index in [2.05, 4.69) is 5.10 Å². The monoisotopic (exact) mass is 227 g/mol. The van der Waals surface area contributed by atoms with Gasteiger partial charge < -0.3 is 5.73 Å². The van der Waals surface area contributed by atoms with Crippen molar-refractivity contribution in [1.29, 1.82) is 0 Å². The molecule has 0 saturated carbocycles. The zero-order chi connectivity index (χ0) is 11.8. The second kappa shape index (κ2) is 3.55. The van der Waals surface area contributed by atoms with Gasteiger partial charge in [0, 0.05) is 11.3 Å². The lowest BCUT2D eigenvalue weighted by molar-refractivity contribution is -0.141. The Balaban J connectivity index is 2.44. The Labute approximate surface area is 89.1 Å². The fraction of sp³-hybridized carbons (Fsp3) is 0.100. The van der Waals surface area contributed by atoms with Crippen molar-refractivity contribution >= 4 is 5.69 Å². The van der Waals surface area contributed by atoms with Crippen LogP contribution in [-0.4, -0.2) is 10.2 Å². The van der Waals surface area contributed by atoms with Gasteiger partial charge in [0.25, 0.3) is 0 Å². The van der Waals surface area contributed by atoms with Gasteiger partial charge in [-0.3, -0.25) is 5.10 Å². The van der Waals surface area contributed by atoms with Crippen molar-refractivity contribution in [1.82, 2.24) is 10.2 Å². The first-order valence-corrected chi connectivity index (χ1v) is 4.46. The van der Waals surface area contributed by atoms with Crippen molar-refractivity contribution in [3.8, 4) is 11.3 Å². The summed E-state index contributed by atoms with van der Waals surface area (Å²) >= 11 is 0. The molecule has 0 aliphatic carbocycles. The number of para-hydroxylation sites is 1. The Morgan fingerprint density at radius 1 is 1.19 bits per heavy atom. The smallest absolute Gasteiger partial charge is 0.398 e. The van der Waals surface area contributed by atoms with Gasteiger partial charge >= 0.3 is 6.18 Å². The molecule has 0 spiro atoms. The van der Waals surface area contributed by atoms with Crippen molar-refractivity contribution in [2.75, 3.05) is 5.73 Å². The summed E-state index contributed by atoms with van der Waals surface area (Å²) in [6, 6.07) is 7.55. The third-order valence-corrected chi connectivity index (χ3v) is 2.12. The molecular weight excluding hydrogens is 219 g/mol. The summed E-state index contributed by atoms with van der Waals surface area (Å²) in [5, 5.41) is 5.53. The van der Waals surface area contributed by atoms with Crippen LogP contribution in [0.1, 0.15) is 5.69 Å². The highest BCUT2D eigenvalue weighted by molar-refractivity contribution is 5.73. The van der Waals surface area contributed by atoms with Gasteiger partial charge in [-0.2, -0.15) is 18.3 Å². The normalized spacial score (nSPS) is 11.7. The molecule has 2 rings (SSSR count). The number of anilines is 1. The Morgan fingerprint density at radius 2 is 1.88 bits per heavy atom. The summed E-state index contributed by atoms with van der Waals surface area (Å²) in [6.45, 7) is 0. The molecule has 0 unspecified atom stereocenters. The summed E-state index contributed by atoms with van der Waals surface area (Å²) in [6.07, 6.45) is -4.42. The average Bonchev–Trinajstić information content (AvgIpc) is 2.66. The van der Waals surface area contributed by atoms with Crippen molar-refractivity contribution in [2.45, 2.75) is 6.18 Å². The van der Waals surface area contributed by atoms with Gasteiger partial charge in [-0.05, 0) is 12.1 Å². The van der Waals surface area contributed by atoms with Crippen LogP contribution in [0.2, 0.25) is 0 Å². The number of hydrogen-bond donors (Lipinski definition) is 2. The third-order valence-electron chi connectivity index (χ3n) is 2.12. The van der Waals surface area contributed by atoms with E-state index in [0.717, 1.165) is 6.07 Å². The number of hydrogen-bond acceptors (Lipinski definition) is 2. The van der Waals surface area contributed by atoms with Crippen LogP contribution in [0.5, 0.6) is 0 Å². The number of H-pyrrole nitrogens is 1.